The molecule has 0 radical (unpaired) electrons. The topological polar surface area (TPSA) is 38.9 Å². The summed E-state index contributed by atoms with van der Waals surface area (Å²) in [5.74, 6) is 0. The van der Waals surface area contributed by atoms with Gasteiger partial charge in [0.05, 0.1) is 22.2 Å². The first-order valence-corrected chi connectivity index (χ1v) is 12.4. The number of furan rings is 1. The van der Waals surface area contributed by atoms with Gasteiger partial charge in [-0.15, -0.1) is 0 Å². The maximum absolute atomic E-state index is 6.32. The number of benzene rings is 5. The highest BCUT2D eigenvalue weighted by molar-refractivity contribution is 6.16. The summed E-state index contributed by atoms with van der Waals surface area (Å²) in [7, 11) is 0. The van der Waals surface area contributed by atoms with Gasteiger partial charge in [-0.25, -0.2) is 9.97 Å². The summed E-state index contributed by atoms with van der Waals surface area (Å²) in [5.41, 5.74) is 8.74. The number of pyridine rings is 2. The summed E-state index contributed by atoms with van der Waals surface area (Å²) < 4.78 is 6.32. The van der Waals surface area contributed by atoms with Crippen LogP contribution in [0, 0.1) is 0 Å². The Balaban J connectivity index is 1.46. The maximum Gasteiger partial charge on any atom is 0.144 e. The average molecular weight is 473 g/mol. The number of fused-ring (bicyclic) bond motifs is 7. The van der Waals surface area contributed by atoms with E-state index in [1.54, 1.807) is 0 Å². The zero-order valence-electron chi connectivity index (χ0n) is 19.8. The Bertz CT molecular complexity index is 2140. The Labute approximate surface area is 212 Å². The van der Waals surface area contributed by atoms with Crippen molar-refractivity contribution in [2.24, 2.45) is 0 Å². The summed E-state index contributed by atoms with van der Waals surface area (Å²) >= 11 is 0. The smallest absolute Gasteiger partial charge is 0.144 e. The average Bonchev–Trinajstić information content (AvgIpc) is 3.35. The summed E-state index contributed by atoms with van der Waals surface area (Å²) in [6, 6.07) is 41.9. The summed E-state index contributed by atoms with van der Waals surface area (Å²) in [6.07, 6.45) is 0. The molecule has 5 aromatic carbocycles. The third-order valence-electron chi connectivity index (χ3n) is 7.25. The molecule has 3 aromatic heterocycles. The fourth-order valence-corrected chi connectivity index (χ4v) is 5.55. The van der Waals surface area contributed by atoms with Gasteiger partial charge in [0.15, 0.2) is 0 Å². The molecule has 0 aliphatic heterocycles. The Hall–Kier alpha value is -5.02. The van der Waals surface area contributed by atoms with E-state index < -0.39 is 0 Å². The van der Waals surface area contributed by atoms with Crippen LogP contribution in [0.3, 0.4) is 0 Å². The predicted octanol–water partition coefficient (Wildman–Crippen LogP) is 9.17. The van der Waals surface area contributed by atoms with Crippen molar-refractivity contribution >= 4 is 54.6 Å². The highest BCUT2D eigenvalue weighted by Gasteiger charge is 2.16. The Morgan fingerprint density at radius 1 is 0.486 bits per heavy atom. The van der Waals surface area contributed by atoms with Crippen LogP contribution >= 0.6 is 0 Å². The van der Waals surface area contributed by atoms with Gasteiger partial charge in [-0.05, 0) is 29.8 Å². The third kappa shape index (κ3) is 3.01. The van der Waals surface area contributed by atoms with Gasteiger partial charge >= 0.3 is 0 Å². The van der Waals surface area contributed by atoms with Gasteiger partial charge < -0.3 is 4.42 Å². The molecule has 0 N–H and O–H groups in total. The number of hydrogen-bond donors (Lipinski definition) is 0. The van der Waals surface area contributed by atoms with Gasteiger partial charge in [-0.3, -0.25) is 0 Å². The van der Waals surface area contributed by atoms with E-state index >= 15 is 0 Å². The minimum atomic E-state index is 0.860. The largest absolute Gasteiger partial charge is 0.455 e. The lowest BCUT2D eigenvalue weighted by atomic mass is 9.95. The number of para-hydroxylation sites is 3. The Kier molecular flexibility index (Phi) is 4.23. The van der Waals surface area contributed by atoms with Gasteiger partial charge in [-0.1, -0.05) is 97.1 Å². The summed E-state index contributed by atoms with van der Waals surface area (Å²) in [6.45, 7) is 0. The second-order valence-corrected chi connectivity index (χ2v) is 9.38. The number of aromatic nitrogens is 2. The number of nitrogens with zero attached hydrogens (tertiary/aromatic N) is 2. The van der Waals surface area contributed by atoms with Gasteiger partial charge in [0.1, 0.15) is 11.2 Å². The van der Waals surface area contributed by atoms with E-state index in [4.69, 9.17) is 14.4 Å². The molecule has 172 valence electrons. The first-order chi connectivity index (χ1) is 18.3. The first-order valence-electron chi connectivity index (χ1n) is 12.4. The quantitative estimate of drug-likeness (QED) is 0.186. The Morgan fingerprint density at radius 3 is 2.16 bits per heavy atom. The van der Waals surface area contributed by atoms with E-state index in [-0.39, 0.29) is 0 Å². The van der Waals surface area contributed by atoms with Crippen molar-refractivity contribution in [2.45, 2.75) is 0 Å². The van der Waals surface area contributed by atoms with Crippen molar-refractivity contribution in [3.05, 3.63) is 121 Å². The van der Waals surface area contributed by atoms with E-state index in [2.05, 4.69) is 97.1 Å². The monoisotopic (exact) mass is 472 g/mol. The second-order valence-electron chi connectivity index (χ2n) is 9.38. The highest BCUT2D eigenvalue weighted by atomic mass is 16.3. The molecule has 0 bridgehead atoms. The van der Waals surface area contributed by atoms with Crippen molar-refractivity contribution < 1.29 is 4.42 Å². The molecular weight excluding hydrogens is 452 g/mol. The van der Waals surface area contributed by atoms with Crippen LogP contribution in [0.5, 0.6) is 0 Å². The van der Waals surface area contributed by atoms with Crippen LogP contribution in [-0.2, 0) is 0 Å². The first kappa shape index (κ1) is 20.2. The van der Waals surface area contributed by atoms with E-state index in [0.717, 1.165) is 65.9 Å². The minimum absolute atomic E-state index is 0.860. The molecule has 0 spiro atoms. The lowest BCUT2D eigenvalue weighted by molar-refractivity contribution is 0.670. The third-order valence-corrected chi connectivity index (χ3v) is 7.25. The lowest BCUT2D eigenvalue weighted by Crippen LogP contribution is -1.93. The van der Waals surface area contributed by atoms with Crippen LogP contribution in [0.4, 0.5) is 0 Å². The molecule has 0 atom stereocenters. The lowest BCUT2D eigenvalue weighted by Gasteiger charge is -2.13. The van der Waals surface area contributed by atoms with Crippen molar-refractivity contribution in [3.8, 4) is 22.4 Å². The molecule has 3 nitrogen and oxygen atoms in total. The molecule has 0 saturated carbocycles. The van der Waals surface area contributed by atoms with Gasteiger partial charge in [0, 0.05) is 38.1 Å². The minimum Gasteiger partial charge on any atom is -0.455 e. The predicted molar refractivity (Wildman–Crippen MR) is 153 cm³/mol. The SMILES string of the molecule is c1ccc(-c2c3ccccc3nc3c2ccc2ccc(-c4cccc5c4oc4ccccc45)nc23)cc1. The molecule has 3 heterocycles. The van der Waals surface area contributed by atoms with Crippen LogP contribution in [0.1, 0.15) is 0 Å². The molecule has 8 rings (SSSR count). The van der Waals surface area contributed by atoms with Crippen molar-refractivity contribution in [2.75, 3.05) is 0 Å². The normalized spacial score (nSPS) is 11.8. The van der Waals surface area contributed by atoms with Gasteiger partial charge in [-0.2, -0.15) is 0 Å². The zero-order valence-corrected chi connectivity index (χ0v) is 19.8. The zero-order chi connectivity index (χ0) is 24.3. The highest BCUT2D eigenvalue weighted by Crippen LogP contribution is 2.39. The fourth-order valence-electron chi connectivity index (χ4n) is 5.55. The standard InChI is InChI=1S/C34H20N2O/c1-2-9-21(10-3-1)31-25-12-4-6-15-28(25)36-33-27(31)19-17-22-18-20-29(35-32(22)33)26-14-8-13-24-23-11-5-7-16-30(23)37-34(24)26/h1-20H. The molecule has 0 fully saturated rings. The number of rotatable bonds is 2. The van der Waals surface area contributed by atoms with Crippen LogP contribution < -0.4 is 0 Å². The van der Waals surface area contributed by atoms with Crippen LogP contribution in [0.2, 0.25) is 0 Å². The van der Waals surface area contributed by atoms with Crippen LogP contribution in [-0.4, -0.2) is 9.97 Å². The maximum atomic E-state index is 6.32. The summed E-state index contributed by atoms with van der Waals surface area (Å²) in [5, 5.41) is 5.53. The number of hydrogen-bond acceptors (Lipinski definition) is 3. The van der Waals surface area contributed by atoms with Crippen LogP contribution in [0.15, 0.2) is 126 Å². The van der Waals surface area contributed by atoms with Crippen LogP contribution in [0.25, 0.3) is 77.0 Å². The molecule has 0 aliphatic rings. The Morgan fingerprint density at radius 2 is 1.24 bits per heavy atom. The molecule has 0 saturated heterocycles. The molecule has 3 heteroatoms. The fraction of sp³-hybridized carbons (Fsp3) is 0. The van der Waals surface area contributed by atoms with Crippen molar-refractivity contribution in [1.82, 2.24) is 9.97 Å². The van der Waals surface area contributed by atoms with Crippen molar-refractivity contribution in [3.63, 3.8) is 0 Å². The molecule has 0 aliphatic carbocycles. The summed E-state index contributed by atoms with van der Waals surface area (Å²) in [4.78, 5) is 10.4. The molecule has 0 unspecified atom stereocenters. The second kappa shape index (κ2) is 7.74. The molecular formula is C34H20N2O. The molecule has 37 heavy (non-hydrogen) atoms. The molecule has 0 amide bonds. The van der Waals surface area contributed by atoms with E-state index in [0.29, 0.717) is 0 Å². The van der Waals surface area contributed by atoms with E-state index in [9.17, 15) is 0 Å². The van der Waals surface area contributed by atoms with Gasteiger partial charge in [0.25, 0.3) is 0 Å². The van der Waals surface area contributed by atoms with E-state index in [1.807, 2.05) is 24.3 Å². The van der Waals surface area contributed by atoms with E-state index in [1.165, 1.54) is 11.1 Å². The van der Waals surface area contributed by atoms with Gasteiger partial charge in [0.2, 0.25) is 0 Å². The molecule has 8 aromatic rings. The van der Waals surface area contributed by atoms with Crippen molar-refractivity contribution in [1.29, 1.82) is 0 Å².